The number of anilines is 1. The molecule has 0 spiro atoms. The van der Waals surface area contributed by atoms with Crippen molar-refractivity contribution in [3.63, 3.8) is 0 Å². The summed E-state index contributed by atoms with van der Waals surface area (Å²) >= 11 is 0. The van der Waals surface area contributed by atoms with E-state index in [9.17, 15) is 14.7 Å². The third-order valence-electron chi connectivity index (χ3n) is 6.06. The van der Waals surface area contributed by atoms with E-state index < -0.39 is 6.23 Å². The van der Waals surface area contributed by atoms with Crippen molar-refractivity contribution in [2.24, 2.45) is 0 Å². The van der Waals surface area contributed by atoms with E-state index in [-0.39, 0.29) is 24.4 Å². The molecular weight excluding hydrogens is 394 g/mol. The number of nitrogens with one attached hydrogen (secondary N) is 1. The average Bonchev–Trinajstić information content (AvgIpc) is 3.56. The van der Waals surface area contributed by atoms with Crippen LogP contribution in [0.15, 0.2) is 47.9 Å². The number of aryl methyl sites for hydroxylation is 1. The molecule has 3 aliphatic rings. The van der Waals surface area contributed by atoms with Gasteiger partial charge in [0.25, 0.3) is 5.91 Å². The summed E-state index contributed by atoms with van der Waals surface area (Å²) in [6.45, 7) is 2.61. The number of hydrogen-bond acceptors (Lipinski definition) is 6. The molecular formula is C23H25N5O3. The van der Waals surface area contributed by atoms with Crippen molar-refractivity contribution < 1.29 is 14.7 Å². The molecule has 2 amide bonds. The lowest BCUT2D eigenvalue weighted by Gasteiger charge is -2.28. The van der Waals surface area contributed by atoms with Gasteiger partial charge >= 0.3 is 0 Å². The molecule has 5 rings (SSSR count). The van der Waals surface area contributed by atoms with E-state index in [1.54, 1.807) is 28.3 Å². The molecule has 0 bridgehead atoms. The van der Waals surface area contributed by atoms with Crippen LogP contribution < -0.4 is 5.32 Å². The minimum atomic E-state index is -0.841. The van der Waals surface area contributed by atoms with Gasteiger partial charge in [0.05, 0.1) is 6.54 Å². The molecule has 2 aliphatic heterocycles. The Labute approximate surface area is 180 Å². The summed E-state index contributed by atoms with van der Waals surface area (Å²) in [5.41, 5.74) is 4.09. The lowest BCUT2D eigenvalue weighted by molar-refractivity contribution is -0.133. The van der Waals surface area contributed by atoms with Crippen molar-refractivity contribution >= 4 is 17.6 Å². The van der Waals surface area contributed by atoms with Gasteiger partial charge in [-0.15, -0.1) is 0 Å². The number of rotatable bonds is 5. The Hall–Kier alpha value is -3.26. The fourth-order valence-electron chi connectivity index (χ4n) is 4.33. The summed E-state index contributed by atoms with van der Waals surface area (Å²) in [7, 11) is 0. The molecule has 0 saturated heterocycles. The van der Waals surface area contributed by atoms with Gasteiger partial charge in [0.15, 0.2) is 6.23 Å². The minimum absolute atomic E-state index is 0.0567. The second-order valence-corrected chi connectivity index (χ2v) is 8.38. The molecule has 1 fully saturated rings. The van der Waals surface area contributed by atoms with E-state index in [2.05, 4.69) is 15.3 Å². The van der Waals surface area contributed by atoms with Crippen LogP contribution >= 0.6 is 0 Å². The largest absolute Gasteiger partial charge is 0.369 e. The molecule has 1 unspecified atom stereocenters. The highest BCUT2D eigenvalue weighted by Gasteiger charge is 2.48. The Morgan fingerprint density at radius 3 is 2.55 bits per heavy atom. The van der Waals surface area contributed by atoms with Crippen LogP contribution in [0.2, 0.25) is 0 Å². The van der Waals surface area contributed by atoms with Gasteiger partial charge in [-0.3, -0.25) is 14.6 Å². The van der Waals surface area contributed by atoms with E-state index in [0.29, 0.717) is 24.5 Å². The standard InChI is InChI=1S/C23H25N5O3/c1-14-4-5-15(11-24-14)16-6-9-19(25-12-16)26-20(29)13-27-10-2-3-18-21(27)23(31)28(22(18)30)17-7-8-17/h4-6,9,11-12,17,22,30H,2-3,7-8,10,13H2,1H3,(H,25,26,29). The minimum Gasteiger partial charge on any atom is -0.369 e. The van der Waals surface area contributed by atoms with Gasteiger partial charge in [0.2, 0.25) is 5.91 Å². The summed E-state index contributed by atoms with van der Waals surface area (Å²) in [6.07, 6.45) is 6.03. The van der Waals surface area contributed by atoms with Gasteiger partial charge in [0, 0.05) is 47.4 Å². The Morgan fingerprint density at radius 1 is 1.16 bits per heavy atom. The number of nitrogens with zero attached hydrogens (tertiary/aromatic N) is 4. The van der Waals surface area contributed by atoms with Crippen LogP contribution in [0.25, 0.3) is 11.1 Å². The molecule has 4 heterocycles. The lowest BCUT2D eigenvalue weighted by atomic mass is 10.0. The zero-order valence-electron chi connectivity index (χ0n) is 17.4. The first-order valence-electron chi connectivity index (χ1n) is 10.7. The van der Waals surface area contributed by atoms with Crippen molar-refractivity contribution in [3.05, 3.63) is 53.6 Å². The monoisotopic (exact) mass is 419 g/mol. The number of aliphatic hydroxyl groups excluding tert-OH is 1. The average molecular weight is 419 g/mol. The maximum absolute atomic E-state index is 12.9. The fraction of sp³-hybridized carbons (Fsp3) is 0.391. The Morgan fingerprint density at radius 2 is 1.90 bits per heavy atom. The molecule has 1 saturated carbocycles. The molecule has 1 aliphatic carbocycles. The van der Waals surface area contributed by atoms with Crippen LogP contribution in [0.3, 0.4) is 0 Å². The van der Waals surface area contributed by atoms with Crippen molar-refractivity contribution in [1.82, 2.24) is 19.8 Å². The maximum atomic E-state index is 12.9. The first kappa shape index (κ1) is 19.7. The highest BCUT2D eigenvalue weighted by atomic mass is 16.3. The summed E-state index contributed by atoms with van der Waals surface area (Å²) in [4.78, 5) is 37.6. The van der Waals surface area contributed by atoms with Crippen LogP contribution in [0.4, 0.5) is 5.82 Å². The number of amides is 2. The second kappa shape index (κ2) is 7.77. The van der Waals surface area contributed by atoms with Gasteiger partial charge in [-0.05, 0) is 50.8 Å². The van der Waals surface area contributed by atoms with Gasteiger partial charge in [-0.25, -0.2) is 4.98 Å². The predicted octanol–water partition coefficient (Wildman–Crippen LogP) is 2.06. The van der Waals surface area contributed by atoms with Crippen molar-refractivity contribution in [3.8, 4) is 11.1 Å². The molecule has 1 atom stereocenters. The van der Waals surface area contributed by atoms with Crippen LogP contribution in [0.1, 0.15) is 31.4 Å². The van der Waals surface area contributed by atoms with Crippen molar-refractivity contribution in [2.45, 2.75) is 44.9 Å². The van der Waals surface area contributed by atoms with Gasteiger partial charge in [-0.1, -0.05) is 6.07 Å². The second-order valence-electron chi connectivity index (χ2n) is 8.38. The number of aliphatic hydroxyl groups is 1. The van der Waals surface area contributed by atoms with E-state index in [1.165, 1.54) is 0 Å². The first-order chi connectivity index (χ1) is 15.0. The lowest BCUT2D eigenvalue weighted by Crippen LogP contribution is -2.40. The van der Waals surface area contributed by atoms with Gasteiger partial charge in [-0.2, -0.15) is 0 Å². The highest BCUT2D eigenvalue weighted by molar-refractivity contribution is 5.99. The molecule has 2 aromatic heterocycles. The quantitative estimate of drug-likeness (QED) is 0.770. The fourth-order valence-corrected chi connectivity index (χ4v) is 4.33. The zero-order valence-corrected chi connectivity index (χ0v) is 17.4. The molecule has 0 aromatic carbocycles. The molecule has 160 valence electrons. The SMILES string of the molecule is Cc1ccc(-c2ccc(NC(=O)CN3CCCC4=C3C(=O)N(C3CC3)C4O)nc2)cn1. The van der Waals surface area contributed by atoms with E-state index in [4.69, 9.17) is 0 Å². The van der Waals surface area contributed by atoms with Crippen molar-refractivity contribution in [1.29, 1.82) is 0 Å². The van der Waals surface area contributed by atoms with Gasteiger partial charge in [0.1, 0.15) is 11.5 Å². The van der Waals surface area contributed by atoms with Crippen LogP contribution in [-0.2, 0) is 9.59 Å². The number of hydrogen-bond donors (Lipinski definition) is 2. The normalized spacial score (nSPS) is 20.8. The highest BCUT2D eigenvalue weighted by Crippen LogP contribution is 2.40. The summed E-state index contributed by atoms with van der Waals surface area (Å²) in [6, 6.07) is 7.71. The number of aromatic nitrogens is 2. The molecule has 2 aromatic rings. The van der Waals surface area contributed by atoms with Crippen LogP contribution in [-0.4, -0.2) is 62.0 Å². The molecule has 8 heteroatoms. The number of pyridine rings is 2. The van der Waals surface area contributed by atoms with Crippen molar-refractivity contribution in [2.75, 3.05) is 18.4 Å². The Bertz CT molecular complexity index is 1040. The maximum Gasteiger partial charge on any atom is 0.272 e. The summed E-state index contributed by atoms with van der Waals surface area (Å²) in [5, 5.41) is 13.4. The van der Waals surface area contributed by atoms with Crippen LogP contribution in [0.5, 0.6) is 0 Å². The molecule has 31 heavy (non-hydrogen) atoms. The smallest absolute Gasteiger partial charge is 0.272 e. The third kappa shape index (κ3) is 3.79. The zero-order chi connectivity index (χ0) is 21.5. The van der Waals surface area contributed by atoms with E-state index in [1.807, 2.05) is 25.1 Å². The third-order valence-corrected chi connectivity index (χ3v) is 6.06. The number of carbonyl (C=O) groups excluding carboxylic acids is 2. The summed E-state index contributed by atoms with van der Waals surface area (Å²) < 4.78 is 0. The predicted molar refractivity (Wildman–Crippen MR) is 115 cm³/mol. The topological polar surface area (TPSA) is 98.7 Å². The summed E-state index contributed by atoms with van der Waals surface area (Å²) in [5.74, 6) is 0.0715. The molecule has 0 radical (unpaired) electrons. The Balaban J connectivity index is 1.25. The van der Waals surface area contributed by atoms with E-state index in [0.717, 1.165) is 41.7 Å². The Kier molecular flexibility index (Phi) is 4.94. The molecule has 2 N–H and O–H groups in total. The molecule has 8 nitrogen and oxygen atoms in total. The van der Waals surface area contributed by atoms with Gasteiger partial charge < -0.3 is 20.2 Å². The van der Waals surface area contributed by atoms with Crippen LogP contribution in [0, 0.1) is 6.92 Å². The van der Waals surface area contributed by atoms with E-state index >= 15 is 0 Å². The number of carbonyl (C=O) groups is 2. The first-order valence-corrected chi connectivity index (χ1v) is 10.7.